The fourth-order valence-corrected chi connectivity index (χ4v) is 1.48. The van der Waals surface area contributed by atoms with Gasteiger partial charge in [-0.05, 0) is 0 Å². The minimum absolute atomic E-state index is 0.286. The predicted molar refractivity (Wildman–Crippen MR) is 46.8 cm³/mol. The molecular formula is C8H4BrF6N. The summed E-state index contributed by atoms with van der Waals surface area (Å²) in [5, 5.41) is -0.286. The molecule has 8 heteroatoms. The highest BCUT2D eigenvalue weighted by molar-refractivity contribution is 9.08. The molecule has 1 rings (SSSR count). The molecule has 16 heavy (non-hydrogen) atoms. The van der Waals surface area contributed by atoms with E-state index in [1.165, 1.54) is 0 Å². The molecular weight excluding hydrogens is 304 g/mol. The third-order valence-electron chi connectivity index (χ3n) is 1.77. The summed E-state index contributed by atoms with van der Waals surface area (Å²) in [5.41, 5.74) is -3.96. The van der Waals surface area contributed by atoms with Crippen LogP contribution in [0.3, 0.4) is 0 Å². The molecule has 0 amide bonds. The maximum atomic E-state index is 13.2. The summed E-state index contributed by atoms with van der Waals surface area (Å²) < 4.78 is 74.9. The van der Waals surface area contributed by atoms with Gasteiger partial charge < -0.3 is 0 Å². The van der Waals surface area contributed by atoms with Crippen molar-refractivity contribution in [2.75, 3.05) is 0 Å². The molecule has 0 bridgehead atoms. The minimum Gasteiger partial charge on any atom is -0.257 e. The smallest absolute Gasteiger partial charge is 0.257 e. The van der Waals surface area contributed by atoms with Crippen molar-refractivity contribution in [1.29, 1.82) is 0 Å². The van der Waals surface area contributed by atoms with Crippen molar-refractivity contribution in [1.82, 2.24) is 4.98 Å². The molecule has 0 unspecified atom stereocenters. The van der Waals surface area contributed by atoms with Crippen molar-refractivity contribution in [2.45, 2.75) is 17.9 Å². The van der Waals surface area contributed by atoms with E-state index in [0.717, 1.165) is 0 Å². The molecule has 0 aliphatic carbocycles. The second kappa shape index (κ2) is 4.60. The van der Waals surface area contributed by atoms with Crippen LogP contribution in [-0.4, -0.2) is 4.98 Å². The van der Waals surface area contributed by atoms with Crippen LogP contribution in [0.5, 0.6) is 0 Å². The van der Waals surface area contributed by atoms with Crippen LogP contribution in [0.25, 0.3) is 0 Å². The SMILES string of the molecule is Fc1c(CBr)ncc(C(F)F)c1C(F)(F)F. The normalized spacial score (nSPS) is 12.2. The Bertz CT molecular complexity index is 389. The van der Waals surface area contributed by atoms with Crippen molar-refractivity contribution >= 4 is 15.9 Å². The molecule has 1 aromatic rings. The lowest BCUT2D eigenvalue weighted by molar-refractivity contribution is -0.142. The van der Waals surface area contributed by atoms with Gasteiger partial charge in [0.25, 0.3) is 6.43 Å². The zero-order valence-corrected chi connectivity index (χ0v) is 9.04. The standard InChI is InChI=1S/C8H4BrF6N/c9-1-4-6(10)5(8(13,14)15)3(2-16-4)7(11)12/h2,7H,1H2. The third kappa shape index (κ3) is 2.47. The second-order valence-corrected chi connectivity index (χ2v) is 3.34. The number of pyridine rings is 1. The van der Waals surface area contributed by atoms with E-state index in [2.05, 4.69) is 20.9 Å². The van der Waals surface area contributed by atoms with Crippen molar-refractivity contribution in [3.63, 3.8) is 0 Å². The first-order valence-electron chi connectivity index (χ1n) is 3.87. The molecule has 1 aromatic heterocycles. The van der Waals surface area contributed by atoms with E-state index in [-0.39, 0.29) is 5.33 Å². The molecule has 0 saturated carbocycles. The summed E-state index contributed by atoms with van der Waals surface area (Å²) in [6.45, 7) is 0. The molecule has 1 nitrogen and oxygen atoms in total. The average Bonchev–Trinajstić information content (AvgIpc) is 2.14. The maximum absolute atomic E-state index is 13.2. The van der Waals surface area contributed by atoms with Crippen LogP contribution < -0.4 is 0 Å². The van der Waals surface area contributed by atoms with Gasteiger partial charge in [-0.25, -0.2) is 13.2 Å². The highest BCUT2D eigenvalue weighted by Crippen LogP contribution is 2.38. The number of hydrogen-bond donors (Lipinski definition) is 0. The molecule has 0 aromatic carbocycles. The lowest BCUT2D eigenvalue weighted by Gasteiger charge is -2.14. The topological polar surface area (TPSA) is 12.9 Å². The monoisotopic (exact) mass is 307 g/mol. The Balaban J connectivity index is 3.50. The summed E-state index contributed by atoms with van der Waals surface area (Å²) >= 11 is 2.71. The molecule has 1 heterocycles. The van der Waals surface area contributed by atoms with Crippen molar-refractivity contribution < 1.29 is 26.3 Å². The Hall–Kier alpha value is -0.790. The summed E-state index contributed by atoms with van der Waals surface area (Å²) in [4.78, 5) is 3.19. The Morgan fingerprint density at radius 2 is 1.88 bits per heavy atom. The van der Waals surface area contributed by atoms with E-state index in [4.69, 9.17) is 0 Å². The quantitative estimate of drug-likeness (QED) is 0.593. The minimum atomic E-state index is -5.17. The van der Waals surface area contributed by atoms with Crippen LogP contribution in [0, 0.1) is 5.82 Å². The fraction of sp³-hybridized carbons (Fsp3) is 0.375. The first kappa shape index (κ1) is 13.3. The Labute approximate surface area is 94.6 Å². The number of nitrogens with zero attached hydrogens (tertiary/aromatic N) is 1. The highest BCUT2D eigenvalue weighted by Gasteiger charge is 2.40. The Morgan fingerprint density at radius 3 is 2.25 bits per heavy atom. The summed E-state index contributed by atoms with van der Waals surface area (Å²) in [6, 6.07) is 0. The maximum Gasteiger partial charge on any atom is 0.419 e. The predicted octanol–water partition coefficient (Wildman–Crippen LogP) is 4.07. The van der Waals surface area contributed by atoms with E-state index in [0.29, 0.717) is 6.20 Å². The van der Waals surface area contributed by atoms with Crippen molar-refractivity contribution in [3.05, 3.63) is 28.8 Å². The van der Waals surface area contributed by atoms with Gasteiger partial charge in [-0.15, -0.1) is 0 Å². The molecule has 0 fully saturated rings. The Morgan fingerprint density at radius 1 is 1.31 bits per heavy atom. The van der Waals surface area contributed by atoms with Gasteiger partial charge in [-0.1, -0.05) is 15.9 Å². The van der Waals surface area contributed by atoms with Gasteiger partial charge in [0.1, 0.15) is 5.56 Å². The largest absolute Gasteiger partial charge is 0.419 e. The van der Waals surface area contributed by atoms with Crippen LogP contribution in [0.2, 0.25) is 0 Å². The van der Waals surface area contributed by atoms with Gasteiger partial charge >= 0.3 is 6.18 Å². The molecule has 90 valence electrons. The van der Waals surface area contributed by atoms with E-state index < -0.39 is 35.2 Å². The zero-order valence-electron chi connectivity index (χ0n) is 7.45. The number of alkyl halides is 6. The van der Waals surface area contributed by atoms with E-state index in [9.17, 15) is 26.3 Å². The first-order chi connectivity index (χ1) is 7.29. The number of halogens is 7. The molecule has 0 spiro atoms. The molecule has 0 saturated heterocycles. The first-order valence-corrected chi connectivity index (χ1v) is 4.99. The average molecular weight is 308 g/mol. The van der Waals surface area contributed by atoms with Crippen LogP contribution >= 0.6 is 15.9 Å². The van der Waals surface area contributed by atoms with Gasteiger partial charge in [0.05, 0.1) is 11.3 Å². The van der Waals surface area contributed by atoms with E-state index >= 15 is 0 Å². The summed E-state index contributed by atoms with van der Waals surface area (Å²) in [5.74, 6) is -1.76. The molecule has 0 atom stereocenters. The lowest BCUT2D eigenvalue weighted by atomic mass is 10.1. The Kier molecular flexibility index (Phi) is 3.82. The van der Waals surface area contributed by atoms with Gasteiger partial charge in [-0.2, -0.15) is 13.2 Å². The molecule has 0 N–H and O–H groups in total. The van der Waals surface area contributed by atoms with Crippen LogP contribution in [0.4, 0.5) is 26.3 Å². The van der Waals surface area contributed by atoms with E-state index in [1.807, 2.05) is 0 Å². The van der Waals surface area contributed by atoms with Gasteiger partial charge in [0.15, 0.2) is 5.82 Å². The lowest BCUT2D eigenvalue weighted by Crippen LogP contribution is -2.15. The molecule has 0 aliphatic rings. The van der Waals surface area contributed by atoms with Crippen LogP contribution in [-0.2, 0) is 11.5 Å². The van der Waals surface area contributed by atoms with Gasteiger partial charge in [-0.3, -0.25) is 4.98 Å². The summed E-state index contributed by atoms with van der Waals surface area (Å²) in [6.07, 6.45) is -8.26. The molecule has 0 aliphatic heterocycles. The zero-order chi connectivity index (χ0) is 12.5. The van der Waals surface area contributed by atoms with Gasteiger partial charge in [0.2, 0.25) is 0 Å². The second-order valence-electron chi connectivity index (χ2n) is 2.78. The van der Waals surface area contributed by atoms with Gasteiger partial charge in [0, 0.05) is 11.5 Å². The number of hydrogen-bond acceptors (Lipinski definition) is 1. The molecule has 0 radical (unpaired) electrons. The van der Waals surface area contributed by atoms with Crippen molar-refractivity contribution in [2.24, 2.45) is 0 Å². The van der Waals surface area contributed by atoms with Crippen LogP contribution in [0.1, 0.15) is 23.2 Å². The highest BCUT2D eigenvalue weighted by atomic mass is 79.9. The number of aromatic nitrogens is 1. The van der Waals surface area contributed by atoms with Crippen molar-refractivity contribution in [3.8, 4) is 0 Å². The third-order valence-corrected chi connectivity index (χ3v) is 2.30. The fourth-order valence-electron chi connectivity index (χ4n) is 1.09. The number of rotatable bonds is 2. The van der Waals surface area contributed by atoms with Crippen LogP contribution in [0.15, 0.2) is 6.20 Å². The van der Waals surface area contributed by atoms with E-state index in [1.54, 1.807) is 0 Å². The summed E-state index contributed by atoms with van der Waals surface area (Å²) in [7, 11) is 0.